The van der Waals surface area contributed by atoms with E-state index in [-0.39, 0.29) is 28.7 Å². The van der Waals surface area contributed by atoms with Crippen LogP contribution in [0, 0.1) is 16.0 Å². The number of fused-ring (bicyclic) bond motifs is 1. The van der Waals surface area contributed by atoms with Crippen LogP contribution in [0.3, 0.4) is 0 Å². The topological polar surface area (TPSA) is 108 Å². The summed E-state index contributed by atoms with van der Waals surface area (Å²) in [6.45, 7) is 3.67. The van der Waals surface area contributed by atoms with Crippen molar-refractivity contribution in [2.45, 2.75) is 19.9 Å². The van der Waals surface area contributed by atoms with E-state index in [2.05, 4.69) is 10.3 Å². The molecule has 8 nitrogen and oxygen atoms in total. The molecule has 0 radical (unpaired) electrons. The summed E-state index contributed by atoms with van der Waals surface area (Å²) in [6, 6.07) is 3.82. The number of nitrogens with one attached hydrogen (secondary N) is 1. The third-order valence-electron chi connectivity index (χ3n) is 3.00. The van der Waals surface area contributed by atoms with E-state index in [1.165, 1.54) is 19.2 Å². The van der Waals surface area contributed by atoms with Crippen molar-refractivity contribution in [3.05, 3.63) is 28.3 Å². The lowest BCUT2D eigenvalue weighted by Crippen LogP contribution is -2.35. The maximum absolute atomic E-state index is 11.7. The van der Waals surface area contributed by atoms with Crippen LogP contribution in [-0.2, 0) is 9.53 Å². The van der Waals surface area contributed by atoms with Crippen LogP contribution in [0.1, 0.15) is 13.8 Å². The Hall–Kier alpha value is -2.64. The number of carbonyl (C=O) groups excluding carboxylic acids is 1. The Balaban J connectivity index is 2.37. The zero-order chi connectivity index (χ0) is 15.6. The Morgan fingerprint density at radius 2 is 2.19 bits per heavy atom. The van der Waals surface area contributed by atoms with Gasteiger partial charge in [0.1, 0.15) is 6.04 Å². The van der Waals surface area contributed by atoms with Crippen molar-refractivity contribution >= 4 is 28.8 Å². The molecule has 0 aliphatic heterocycles. The first-order chi connectivity index (χ1) is 9.93. The second-order valence-corrected chi connectivity index (χ2v) is 4.79. The number of benzene rings is 1. The van der Waals surface area contributed by atoms with Crippen molar-refractivity contribution in [3.63, 3.8) is 0 Å². The van der Waals surface area contributed by atoms with E-state index in [0.717, 1.165) is 0 Å². The maximum Gasteiger partial charge on any atom is 0.328 e. The zero-order valence-corrected chi connectivity index (χ0v) is 11.8. The fourth-order valence-electron chi connectivity index (χ4n) is 1.90. The van der Waals surface area contributed by atoms with E-state index < -0.39 is 16.9 Å². The first kappa shape index (κ1) is 14.8. The average Bonchev–Trinajstić information content (AvgIpc) is 2.85. The number of non-ortho nitro benzene ring substituents is 1. The Kier molecular flexibility index (Phi) is 4.06. The van der Waals surface area contributed by atoms with E-state index >= 15 is 0 Å². The van der Waals surface area contributed by atoms with Gasteiger partial charge in [-0.15, -0.1) is 0 Å². The molecule has 0 saturated heterocycles. The highest BCUT2D eigenvalue weighted by Crippen LogP contribution is 2.28. The molecule has 1 aromatic carbocycles. The number of methoxy groups -OCH3 is 1. The van der Waals surface area contributed by atoms with Crippen LogP contribution in [0.4, 0.5) is 11.7 Å². The summed E-state index contributed by atoms with van der Waals surface area (Å²) in [5.74, 6) is -0.524. The summed E-state index contributed by atoms with van der Waals surface area (Å²) in [5.41, 5.74) is 0.264. The summed E-state index contributed by atoms with van der Waals surface area (Å²) < 4.78 is 10.1. The molecule has 112 valence electrons. The van der Waals surface area contributed by atoms with Gasteiger partial charge in [0.15, 0.2) is 11.1 Å². The minimum absolute atomic E-state index is 0.0448. The van der Waals surface area contributed by atoms with Gasteiger partial charge in [-0.05, 0) is 12.0 Å². The van der Waals surface area contributed by atoms with Crippen LogP contribution in [0.5, 0.6) is 0 Å². The number of esters is 1. The number of hydrogen-bond donors (Lipinski definition) is 1. The maximum atomic E-state index is 11.7. The summed E-state index contributed by atoms with van der Waals surface area (Å²) in [4.78, 5) is 26.1. The van der Waals surface area contributed by atoms with E-state index in [1.807, 2.05) is 13.8 Å². The van der Waals surface area contributed by atoms with E-state index in [0.29, 0.717) is 0 Å². The lowest BCUT2D eigenvalue weighted by molar-refractivity contribution is -0.383. The number of rotatable bonds is 5. The number of para-hydroxylation sites is 1. The van der Waals surface area contributed by atoms with Crippen molar-refractivity contribution < 1.29 is 18.9 Å². The molecule has 0 spiro atoms. The van der Waals surface area contributed by atoms with Gasteiger partial charge in [0.25, 0.3) is 11.7 Å². The zero-order valence-electron chi connectivity index (χ0n) is 11.8. The molecule has 0 amide bonds. The molecule has 1 aromatic heterocycles. The largest absolute Gasteiger partial charge is 0.467 e. The molecule has 0 fully saturated rings. The third kappa shape index (κ3) is 2.93. The number of aromatic nitrogens is 1. The van der Waals surface area contributed by atoms with Gasteiger partial charge < -0.3 is 14.5 Å². The second kappa shape index (κ2) is 5.78. The molecule has 0 aliphatic rings. The SMILES string of the molecule is COC(=O)C(Nc1nc2c([N+](=O)[O-])cccc2o1)C(C)C. The van der Waals surface area contributed by atoms with Gasteiger partial charge in [0.05, 0.1) is 12.0 Å². The van der Waals surface area contributed by atoms with Gasteiger partial charge in [-0.2, -0.15) is 4.98 Å². The van der Waals surface area contributed by atoms with Crippen molar-refractivity contribution in [2.75, 3.05) is 12.4 Å². The van der Waals surface area contributed by atoms with Gasteiger partial charge in [0.2, 0.25) is 0 Å². The van der Waals surface area contributed by atoms with E-state index in [1.54, 1.807) is 6.07 Å². The van der Waals surface area contributed by atoms with E-state index in [9.17, 15) is 14.9 Å². The second-order valence-electron chi connectivity index (χ2n) is 4.79. The molecule has 2 rings (SSSR count). The number of carbonyl (C=O) groups is 1. The predicted molar refractivity (Wildman–Crippen MR) is 74.9 cm³/mol. The van der Waals surface area contributed by atoms with Crippen LogP contribution >= 0.6 is 0 Å². The molecular formula is C13H15N3O5. The highest BCUT2D eigenvalue weighted by atomic mass is 16.6. The fourth-order valence-corrected chi connectivity index (χ4v) is 1.90. The molecule has 1 N–H and O–H groups in total. The van der Waals surface area contributed by atoms with Gasteiger partial charge in [0, 0.05) is 6.07 Å². The number of nitrogens with zero attached hydrogens (tertiary/aromatic N) is 2. The van der Waals surface area contributed by atoms with Gasteiger partial charge >= 0.3 is 5.97 Å². The minimum atomic E-state index is -0.651. The Bertz CT molecular complexity index is 679. The number of nitro groups is 1. The minimum Gasteiger partial charge on any atom is -0.467 e. The van der Waals surface area contributed by atoms with E-state index in [4.69, 9.17) is 9.15 Å². The quantitative estimate of drug-likeness (QED) is 0.512. The average molecular weight is 293 g/mol. The smallest absolute Gasteiger partial charge is 0.328 e. The summed E-state index contributed by atoms with van der Waals surface area (Å²) in [6.07, 6.45) is 0. The number of anilines is 1. The standard InChI is InChI=1S/C13H15N3O5/c1-7(2)10(12(17)20-3)14-13-15-11-8(16(18)19)5-4-6-9(11)21-13/h4-7,10H,1-3H3,(H,14,15). The summed E-state index contributed by atoms with van der Waals surface area (Å²) in [5, 5.41) is 13.7. The molecule has 0 aliphatic carbocycles. The fraction of sp³-hybridized carbons (Fsp3) is 0.385. The first-order valence-electron chi connectivity index (χ1n) is 6.32. The molecule has 1 heterocycles. The highest BCUT2D eigenvalue weighted by molar-refractivity contribution is 5.85. The third-order valence-corrected chi connectivity index (χ3v) is 3.00. The number of ether oxygens (including phenoxy) is 1. The number of nitro benzene ring substituents is 1. The van der Waals surface area contributed by atoms with Crippen molar-refractivity contribution in [3.8, 4) is 0 Å². The normalized spacial score (nSPS) is 12.4. The number of hydrogen-bond acceptors (Lipinski definition) is 7. The van der Waals surface area contributed by atoms with Crippen LogP contribution in [-0.4, -0.2) is 29.0 Å². The Labute approximate surface area is 120 Å². The molecule has 21 heavy (non-hydrogen) atoms. The van der Waals surface area contributed by atoms with Crippen LogP contribution < -0.4 is 5.32 Å². The van der Waals surface area contributed by atoms with Crippen LogP contribution in [0.25, 0.3) is 11.1 Å². The monoisotopic (exact) mass is 293 g/mol. The van der Waals surface area contributed by atoms with Crippen molar-refractivity contribution in [2.24, 2.45) is 5.92 Å². The van der Waals surface area contributed by atoms with Gasteiger partial charge in [-0.25, -0.2) is 4.79 Å². The number of oxazole rings is 1. The van der Waals surface area contributed by atoms with Crippen LogP contribution in [0.2, 0.25) is 0 Å². The molecule has 8 heteroatoms. The summed E-state index contributed by atoms with van der Waals surface area (Å²) in [7, 11) is 1.29. The highest BCUT2D eigenvalue weighted by Gasteiger charge is 2.26. The Morgan fingerprint density at radius 1 is 1.48 bits per heavy atom. The van der Waals surface area contributed by atoms with Gasteiger partial charge in [-0.3, -0.25) is 10.1 Å². The summed E-state index contributed by atoms with van der Waals surface area (Å²) >= 11 is 0. The van der Waals surface area contributed by atoms with Gasteiger partial charge in [-0.1, -0.05) is 19.9 Å². The van der Waals surface area contributed by atoms with Crippen molar-refractivity contribution in [1.82, 2.24) is 4.98 Å². The lowest BCUT2D eigenvalue weighted by atomic mass is 10.1. The molecule has 2 aromatic rings. The Morgan fingerprint density at radius 3 is 2.76 bits per heavy atom. The van der Waals surface area contributed by atoms with Crippen molar-refractivity contribution in [1.29, 1.82) is 0 Å². The predicted octanol–water partition coefficient (Wildman–Crippen LogP) is 2.35. The molecule has 0 saturated carbocycles. The molecule has 1 atom stereocenters. The molecule has 0 bridgehead atoms. The first-order valence-corrected chi connectivity index (χ1v) is 6.32. The molecular weight excluding hydrogens is 278 g/mol. The van der Waals surface area contributed by atoms with Crippen LogP contribution in [0.15, 0.2) is 22.6 Å². The lowest BCUT2D eigenvalue weighted by Gasteiger charge is -2.18. The molecule has 1 unspecified atom stereocenters.